The van der Waals surface area contributed by atoms with Crippen LogP contribution in [0, 0.1) is 6.92 Å². The Balaban J connectivity index is 1.92. The van der Waals surface area contributed by atoms with Gasteiger partial charge in [0.1, 0.15) is 5.65 Å². The van der Waals surface area contributed by atoms with Crippen LogP contribution in [0.5, 0.6) is 0 Å². The van der Waals surface area contributed by atoms with Crippen LogP contribution in [-0.2, 0) is 17.8 Å². The quantitative estimate of drug-likeness (QED) is 0.913. The third kappa shape index (κ3) is 3.13. The van der Waals surface area contributed by atoms with Crippen molar-refractivity contribution in [3.05, 3.63) is 35.3 Å². The third-order valence-electron chi connectivity index (χ3n) is 4.25. The number of hydrogen-bond acceptors (Lipinski definition) is 4. The van der Waals surface area contributed by atoms with Gasteiger partial charge >= 0.3 is 5.97 Å². The number of nitrogens with zero attached hydrogens (tertiary/aromatic N) is 4. The van der Waals surface area contributed by atoms with Crippen LogP contribution in [0.25, 0.3) is 5.65 Å². The van der Waals surface area contributed by atoms with Gasteiger partial charge in [0, 0.05) is 38.9 Å². The number of aromatic nitrogens is 2. The SMILES string of the molecule is Cc1ccn2c(CN3CCN(C)CC3)c(CC(=O)O)nc2c1. The molecule has 1 N–H and O–H groups in total. The Morgan fingerprint density at radius 1 is 1.32 bits per heavy atom. The van der Waals surface area contributed by atoms with Crippen molar-refractivity contribution >= 4 is 11.6 Å². The summed E-state index contributed by atoms with van der Waals surface area (Å²) >= 11 is 0. The number of pyridine rings is 1. The number of hydrogen-bond donors (Lipinski definition) is 1. The van der Waals surface area contributed by atoms with Crippen LogP contribution in [0.4, 0.5) is 0 Å². The van der Waals surface area contributed by atoms with E-state index in [-0.39, 0.29) is 6.42 Å². The molecule has 6 heteroatoms. The van der Waals surface area contributed by atoms with E-state index >= 15 is 0 Å². The molecule has 3 rings (SSSR count). The highest BCUT2D eigenvalue weighted by molar-refractivity contribution is 5.70. The van der Waals surface area contributed by atoms with Gasteiger partial charge in [-0.25, -0.2) is 4.98 Å². The van der Waals surface area contributed by atoms with Crippen LogP contribution in [0.3, 0.4) is 0 Å². The molecule has 2 aromatic heterocycles. The molecule has 0 amide bonds. The maximum Gasteiger partial charge on any atom is 0.309 e. The number of likely N-dealkylation sites (N-methyl/N-ethyl adjacent to an activating group) is 1. The van der Waals surface area contributed by atoms with Gasteiger partial charge in [-0.1, -0.05) is 0 Å². The first-order valence-corrected chi connectivity index (χ1v) is 7.62. The molecular weight excluding hydrogens is 280 g/mol. The Bertz CT molecular complexity index is 687. The van der Waals surface area contributed by atoms with Crippen LogP contribution >= 0.6 is 0 Å². The molecule has 118 valence electrons. The molecule has 3 heterocycles. The molecule has 1 aliphatic heterocycles. The standard InChI is InChI=1S/C16H22N4O2/c1-12-3-4-20-14(11-19-7-5-18(2)6-8-19)13(10-16(21)22)17-15(20)9-12/h3-4,9H,5-8,10-11H2,1-2H3,(H,21,22). The monoisotopic (exact) mass is 302 g/mol. The predicted molar refractivity (Wildman–Crippen MR) is 84.0 cm³/mol. The molecule has 1 saturated heterocycles. The van der Waals surface area contributed by atoms with Crippen molar-refractivity contribution in [2.75, 3.05) is 33.2 Å². The molecule has 22 heavy (non-hydrogen) atoms. The molecule has 0 aromatic carbocycles. The Labute approximate surface area is 130 Å². The van der Waals surface area contributed by atoms with E-state index in [1.165, 1.54) is 0 Å². The molecule has 0 bridgehead atoms. The number of aliphatic carboxylic acids is 1. The lowest BCUT2D eigenvalue weighted by Crippen LogP contribution is -2.44. The maximum atomic E-state index is 11.1. The first-order valence-electron chi connectivity index (χ1n) is 7.62. The Hall–Kier alpha value is -1.92. The molecule has 1 fully saturated rings. The molecule has 0 saturated carbocycles. The maximum absolute atomic E-state index is 11.1. The molecule has 2 aromatic rings. The summed E-state index contributed by atoms with van der Waals surface area (Å²) in [5, 5.41) is 9.14. The zero-order chi connectivity index (χ0) is 15.7. The predicted octanol–water partition coefficient (Wildman–Crippen LogP) is 1.02. The lowest BCUT2D eigenvalue weighted by molar-refractivity contribution is -0.136. The average molecular weight is 302 g/mol. The lowest BCUT2D eigenvalue weighted by Gasteiger charge is -2.32. The van der Waals surface area contributed by atoms with Crippen molar-refractivity contribution < 1.29 is 9.90 Å². The Morgan fingerprint density at radius 2 is 2.05 bits per heavy atom. The summed E-state index contributed by atoms with van der Waals surface area (Å²) in [4.78, 5) is 20.4. The highest BCUT2D eigenvalue weighted by Crippen LogP contribution is 2.18. The smallest absolute Gasteiger partial charge is 0.309 e. The summed E-state index contributed by atoms with van der Waals surface area (Å²) in [6.45, 7) is 6.87. The second-order valence-corrected chi connectivity index (χ2v) is 6.09. The van der Waals surface area contributed by atoms with Crippen molar-refractivity contribution in [2.24, 2.45) is 0 Å². The summed E-state index contributed by atoms with van der Waals surface area (Å²) < 4.78 is 2.03. The van der Waals surface area contributed by atoms with E-state index in [1.54, 1.807) is 0 Å². The Kier molecular flexibility index (Phi) is 4.13. The van der Waals surface area contributed by atoms with E-state index in [9.17, 15) is 4.79 Å². The normalized spacial score (nSPS) is 17.2. The molecule has 6 nitrogen and oxygen atoms in total. The summed E-state index contributed by atoms with van der Waals surface area (Å²) in [5.74, 6) is -0.834. The number of rotatable bonds is 4. The number of carboxylic acids is 1. The van der Waals surface area contributed by atoms with Crippen molar-refractivity contribution in [3.63, 3.8) is 0 Å². The molecule has 0 unspecified atom stereocenters. The van der Waals surface area contributed by atoms with Gasteiger partial charge in [0.25, 0.3) is 0 Å². The summed E-state index contributed by atoms with van der Waals surface area (Å²) in [6, 6.07) is 4.03. The van der Waals surface area contributed by atoms with Gasteiger partial charge in [-0.3, -0.25) is 9.69 Å². The first kappa shape index (κ1) is 15.0. The van der Waals surface area contributed by atoms with Gasteiger partial charge in [-0.15, -0.1) is 0 Å². The van der Waals surface area contributed by atoms with Crippen molar-refractivity contribution in [1.29, 1.82) is 0 Å². The number of imidazole rings is 1. The van der Waals surface area contributed by atoms with E-state index in [0.29, 0.717) is 5.69 Å². The van der Waals surface area contributed by atoms with Crippen LogP contribution in [0.15, 0.2) is 18.3 Å². The van der Waals surface area contributed by atoms with Gasteiger partial charge < -0.3 is 14.4 Å². The van der Waals surface area contributed by atoms with E-state index in [4.69, 9.17) is 5.11 Å². The van der Waals surface area contributed by atoms with Gasteiger partial charge in [0.2, 0.25) is 0 Å². The molecule has 1 aliphatic rings. The highest BCUT2D eigenvalue weighted by Gasteiger charge is 2.20. The van der Waals surface area contributed by atoms with E-state index in [1.807, 2.05) is 29.7 Å². The number of carboxylic acid groups (broad SMARTS) is 1. The number of carbonyl (C=O) groups is 1. The zero-order valence-corrected chi connectivity index (χ0v) is 13.1. The minimum Gasteiger partial charge on any atom is -0.481 e. The van der Waals surface area contributed by atoms with E-state index in [0.717, 1.165) is 49.6 Å². The Morgan fingerprint density at radius 3 is 2.73 bits per heavy atom. The van der Waals surface area contributed by atoms with Gasteiger partial charge in [-0.05, 0) is 31.7 Å². The summed E-state index contributed by atoms with van der Waals surface area (Å²) in [7, 11) is 2.13. The third-order valence-corrected chi connectivity index (χ3v) is 4.25. The van der Waals surface area contributed by atoms with Crippen molar-refractivity contribution in [2.45, 2.75) is 19.9 Å². The van der Waals surface area contributed by atoms with Gasteiger partial charge in [0.05, 0.1) is 17.8 Å². The van der Waals surface area contributed by atoms with E-state index in [2.05, 4.69) is 21.8 Å². The minimum atomic E-state index is -0.834. The molecular formula is C16H22N4O2. The van der Waals surface area contributed by atoms with Crippen LogP contribution in [0.2, 0.25) is 0 Å². The fourth-order valence-corrected chi connectivity index (χ4v) is 2.92. The first-order chi connectivity index (χ1) is 10.5. The van der Waals surface area contributed by atoms with Crippen LogP contribution in [0.1, 0.15) is 17.0 Å². The van der Waals surface area contributed by atoms with Gasteiger partial charge in [-0.2, -0.15) is 0 Å². The minimum absolute atomic E-state index is 0.0240. The van der Waals surface area contributed by atoms with Crippen LogP contribution in [-0.4, -0.2) is 63.5 Å². The average Bonchev–Trinajstić information content (AvgIpc) is 2.77. The van der Waals surface area contributed by atoms with Crippen molar-refractivity contribution in [3.8, 4) is 0 Å². The van der Waals surface area contributed by atoms with Gasteiger partial charge in [0.15, 0.2) is 0 Å². The molecule has 0 spiro atoms. The number of aryl methyl sites for hydroxylation is 1. The fraction of sp³-hybridized carbons (Fsp3) is 0.500. The summed E-state index contributed by atoms with van der Waals surface area (Å²) in [5.41, 5.74) is 3.64. The van der Waals surface area contributed by atoms with E-state index < -0.39 is 5.97 Å². The summed E-state index contributed by atoms with van der Waals surface area (Å²) in [6.07, 6.45) is 1.97. The number of fused-ring (bicyclic) bond motifs is 1. The largest absolute Gasteiger partial charge is 0.481 e. The second-order valence-electron chi connectivity index (χ2n) is 6.09. The topological polar surface area (TPSA) is 61.1 Å². The number of piperazine rings is 1. The van der Waals surface area contributed by atoms with Crippen molar-refractivity contribution in [1.82, 2.24) is 19.2 Å². The highest BCUT2D eigenvalue weighted by atomic mass is 16.4. The lowest BCUT2D eigenvalue weighted by atomic mass is 10.2. The molecule has 0 radical (unpaired) electrons. The zero-order valence-electron chi connectivity index (χ0n) is 13.1. The fourth-order valence-electron chi connectivity index (χ4n) is 2.92. The second kappa shape index (κ2) is 6.06. The molecule has 0 aliphatic carbocycles. The van der Waals surface area contributed by atoms with Crippen LogP contribution < -0.4 is 0 Å². The molecule has 0 atom stereocenters.